The first-order chi connectivity index (χ1) is 6.75. The molecule has 1 aliphatic rings. The fraction of sp³-hybridized carbons (Fsp3) is 1.00. The predicted molar refractivity (Wildman–Crippen MR) is 53.8 cm³/mol. The van der Waals surface area contributed by atoms with Crippen LogP contribution in [0.1, 0.15) is 13.8 Å². The van der Waals surface area contributed by atoms with Crippen molar-refractivity contribution in [3.8, 4) is 0 Å². The third kappa shape index (κ3) is 2.67. The number of rotatable bonds is 5. The molecular weight excluding hydrogens is 182 g/mol. The molecule has 14 heavy (non-hydrogen) atoms. The van der Waals surface area contributed by atoms with Crippen molar-refractivity contribution in [2.75, 3.05) is 46.8 Å². The highest BCUT2D eigenvalue weighted by Gasteiger charge is 2.36. The van der Waals surface area contributed by atoms with Gasteiger partial charge in [0.05, 0.1) is 13.2 Å². The Morgan fingerprint density at radius 2 is 2.00 bits per heavy atom. The van der Waals surface area contributed by atoms with Gasteiger partial charge in [-0.15, -0.1) is 0 Å². The van der Waals surface area contributed by atoms with E-state index in [1.54, 1.807) is 7.11 Å². The first-order valence-electron chi connectivity index (χ1n) is 5.29. The van der Waals surface area contributed by atoms with Gasteiger partial charge in [0.1, 0.15) is 13.1 Å². The standard InChI is InChI=1S/C10H22NO3/c1-4-13-9-11(10(2)12-3)5-7-14-8-6-11/h10H,4-9H2,1-3H3/q+1. The van der Waals surface area contributed by atoms with E-state index < -0.39 is 0 Å². The molecule has 0 saturated carbocycles. The van der Waals surface area contributed by atoms with Gasteiger partial charge in [0.15, 0.2) is 13.0 Å². The van der Waals surface area contributed by atoms with Crippen molar-refractivity contribution in [2.24, 2.45) is 0 Å². The average molecular weight is 204 g/mol. The molecule has 1 rings (SSSR count). The van der Waals surface area contributed by atoms with Crippen LogP contribution in [-0.4, -0.2) is 57.5 Å². The van der Waals surface area contributed by atoms with Crippen molar-refractivity contribution < 1.29 is 18.7 Å². The molecule has 1 saturated heterocycles. The highest BCUT2D eigenvalue weighted by molar-refractivity contribution is 4.49. The van der Waals surface area contributed by atoms with E-state index in [0.717, 1.165) is 44.1 Å². The van der Waals surface area contributed by atoms with E-state index in [2.05, 4.69) is 6.92 Å². The Morgan fingerprint density at radius 3 is 2.50 bits per heavy atom. The molecule has 0 amide bonds. The van der Waals surface area contributed by atoms with E-state index in [1.165, 1.54) is 0 Å². The molecule has 1 unspecified atom stereocenters. The van der Waals surface area contributed by atoms with Crippen LogP contribution in [0.25, 0.3) is 0 Å². The third-order valence-electron chi connectivity index (χ3n) is 3.03. The normalized spacial score (nSPS) is 23.4. The Bertz CT molecular complexity index is 157. The quantitative estimate of drug-likeness (QED) is 0.621. The van der Waals surface area contributed by atoms with Crippen LogP contribution in [0.15, 0.2) is 0 Å². The Balaban J connectivity index is 2.56. The molecule has 0 bridgehead atoms. The fourth-order valence-corrected chi connectivity index (χ4v) is 1.80. The Labute approximate surface area is 86.3 Å². The molecule has 4 heteroatoms. The minimum Gasteiger partial charge on any atom is -0.370 e. The van der Waals surface area contributed by atoms with E-state index in [-0.39, 0.29) is 6.23 Å². The predicted octanol–water partition coefficient (Wildman–Crippen LogP) is 0.820. The number of morpholine rings is 1. The fourth-order valence-electron chi connectivity index (χ4n) is 1.80. The van der Waals surface area contributed by atoms with Gasteiger partial charge in [0.2, 0.25) is 0 Å². The second kappa shape index (κ2) is 5.66. The molecule has 84 valence electrons. The zero-order chi connectivity index (χ0) is 10.4. The molecule has 0 radical (unpaired) electrons. The van der Waals surface area contributed by atoms with Gasteiger partial charge in [0.25, 0.3) is 0 Å². The van der Waals surface area contributed by atoms with Crippen LogP contribution >= 0.6 is 0 Å². The highest BCUT2D eigenvalue weighted by atomic mass is 16.5. The molecule has 1 aliphatic heterocycles. The lowest BCUT2D eigenvalue weighted by Crippen LogP contribution is -2.61. The van der Waals surface area contributed by atoms with Crippen molar-refractivity contribution in [3.05, 3.63) is 0 Å². The van der Waals surface area contributed by atoms with Crippen LogP contribution < -0.4 is 0 Å². The number of hydrogen-bond donors (Lipinski definition) is 0. The van der Waals surface area contributed by atoms with E-state index in [1.807, 2.05) is 6.92 Å². The van der Waals surface area contributed by atoms with Crippen LogP contribution in [-0.2, 0) is 14.2 Å². The van der Waals surface area contributed by atoms with E-state index in [4.69, 9.17) is 14.2 Å². The van der Waals surface area contributed by atoms with Crippen molar-refractivity contribution in [1.29, 1.82) is 0 Å². The van der Waals surface area contributed by atoms with Gasteiger partial charge >= 0.3 is 0 Å². The number of nitrogens with zero attached hydrogens (tertiary/aromatic N) is 1. The average Bonchev–Trinajstić information content (AvgIpc) is 2.26. The van der Waals surface area contributed by atoms with Crippen LogP contribution in [0.4, 0.5) is 0 Å². The molecule has 1 atom stereocenters. The van der Waals surface area contributed by atoms with E-state index in [9.17, 15) is 0 Å². The Hall–Kier alpha value is -0.160. The summed E-state index contributed by atoms with van der Waals surface area (Å²) in [7, 11) is 1.76. The Morgan fingerprint density at radius 1 is 1.36 bits per heavy atom. The minimum atomic E-state index is 0.186. The van der Waals surface area contributed by atoms with Crippen LogP contribution in [0.2, 0.25) is 0 Å². The van der Waals surface area contributed by atoms with Crippen LogP contribution in [0, 0.1) is 0 Å². The lowest BCUT2D eigenvalue weighted by molar-refractivity contribution is -0.990. The van der Waals surface area contributed by atoms with Crippen LogP contribution in [0.3, 0.4) is 0 Å². The molecule has 0 spiro atoms. The Kier molecular flexibility index (Phi) is 4.81. The molecule has 0 aromatic rings. The maximum atomic E-state index is 5.54. The van der Waals surface area contributed by atoms with Gasteiger partial charge in [0, 0.05) is 20.6 Å². The topological polar surface area (TPSA) is 27.7 Å². The van der Waals surface area contributed by atoms with Crippen molar-refractivity contribution >= 4 is 0 Å². The maximum absolute atomic E-state index is 5.54. The second-order valence-corrected chi connectivity index (χ2v) is 3.74. The van der Waals surface area contributed by atoms with E-state index >= 15 is 0 Å². The molecule has 4 nitrogen and oxygen atoms in total. The summed E-state index contributed by atoms with van der Waals surface area (Å²) < 4.78 is 17.2. The summed E-state index contributed by atoms with van der Waals surface area (Å²) in [6, 6.07) is 0. The maximum Gasteiger partial charge on any atom is 0.191 e. The molecule has 1 fully saturated rings. The molecule has 0 N–H and O–H groups in total. The molecule has 0 aromatic heterocycles. The SMILES string of the molecule is CCOC[N+]1(C(C)OC)CCOCC1. The molecule has 0 aliphatic carbocycles. The summed E-state index contributed by atoms with van der Waals surface area (Å²) in [5, 5.41) is 0. The summed E-state index contributed by atoms with van der Waals surface area (Å²) in [6.45, 7) is 9.19. The van der Waals surface area contributed by atoms with Gasteiger partial charge < -0.3 is 14.2 Å². The van der Waals surface area contributed by atoms with Gasteiger partial charge in [-0.25, -0.2) is 0 Å². The van der Waals surface area contributed by atoms with E-state index in [0.29, 0.717) is 0 Å². The smallest absolute Gasteiger partial charge is 0.191 e. The monoisotopic (exact) mass is 204 g/mol. The minimum absolute atomic E-state index is 0.186. The summed E-state index contributed by atoms with van der Waals surface area (Å²) in [4.78, 5) is 0. The first-order valence-corrected chi connectivity index (χ1v) is 5.29. The lowest BCUT2D eigenvalue weighted by atomic mass is 10.3. The van der Waals surface area contributed by atoms with Gasteiger partial charge in [-0.2, -0.15) is 0 Å². The number of quaternary nitrogens is 1. The third-order valence-corrected chi connectivity index (χ3v) is 3.03. The van der Waals surface area contributed by atoms with Gasteiger partial charge in [-0.05, 0) is 6.92 Å². The zero-order valence-electron chi connectivity index (χ0n) is 9.49. The van der Waals surface area contributed by atoms with Crippen LogP contribution in [0.5, 0.6) is 0 Å². The highest BCUT2D eigenvalue weighted by Crippen LogP contribution is 2.17. The van der Waals surface area contributed by atoms with Gasteiger partial charge in [-0.3, -0.25) is 4.48 Å². The van der Waals surface area contributed by atoms with Gasteiger partial charge in [-0.1, -0.05) is 0 Å². The molecule has 1 heterocycles. The number of methoxy groups -OCH3 is 1. The summed E-state index contributed by atoms with van der Waals surface area (Å²) in [5.41, 5.74) is 0. The van der Waals surface area contributed by atoms with Crippen molar-refractivity contribution in [2.45, 2.75) is 20.1 Å². The largest absolute Gasteiger partial charge is 0.370 e. The summed E-state index contributed by atoms with van der Waals surface area (Å²) in [6.07, 6.45) is 0.186. The molecular formula is C10H22NO3+. The second-order valence-electron chi connectivity index (χ2n) is 3.74. The lowest BCUT2D eigenvalue weighted by Gasteiger charge is -2.43. The zero-order valence-corrected chi connectivity index (χ0v) is 9.49. The van der Waals surface area contributed by atoms with Crippen molar-refractivity contribution in [3.63, 3.8) is 0 Å². The van der Waals surface area contributed by atoms with Crippen molar-refractivity contribution in [1.82, 2.24) is 0 Å². The first kappa shape index (κ1) is 11.9. The summed E-state index contributed by atoms with van der Waals surface area (Å²) in [5.74, 6) is 0. The number of ether oxygens (including phenoxy) is 3. The molecule has 0 aromatic carbocycles. The number of hydrogen-bond acceptors (Lipinski definition) is 3. The summed E-state index contributed by atoms with van der Waals surface area (Å²) >= 11 is 0.